The van der Waals surface area contributed by atoms with Crippen molar-refractivity contribution in [2.24, 2.45) is 0 Å². The van der Waals surface area contributed by atoms with Crippen molar-refractivity contribution < 1.29 is 0 Å². The second-order valence-electron chi connectivity index (χ2n) is 11.3. The molecule has 0 unspecified atom stereocenters. The van der Waals surface area contributed by atoms with Crippen LogP contribution < -0.4 is 4.90 Å². The Morgan fingerprint density at radius 1 is 0.889 bits per heavy atom. The summed E-state index contributed by atoms with van der Waals surface area (Å²) in [5.74, 6) is 0.416. The molecular weight excluding hydrogens is 444 g/mol. The second kappa shape index (κ2) is 9.56. The van der Waals surface area contributed by atoms with Crippen molar-refractivity contribution in [3.63, 3.8) is 0 Å². The van der Waals surface area contributed by atoms with E-state index in [1.54, 1.807) is 0 Å². The molecule has 0 bridgehead atoms. The lowest BCUT2D eigenvalue weighted by atomic mass is 9.95. The smallest absolute Gasteiger partial charge is 0.137 e. The summed E-state index contributed by atoms with van der Waals surface area (Å²) in [4.78, 5) is 19.5. The van der Waals surface area contributed by atoms with E-state index in [1.165, 1.54) is 77.8 Å². The fraction of sp³-hybridized carbons (Fsp3) is 0.500. The topological polar surface area (TPSA) is 54.2 Å². The number of rotatable bonds is 5. The van der Waals surface area contributed by atoms with Gasteiger partial charge in [-0.3, -0.25) is 4.90 Å². The molecule has 36 heavy (non-hydrogen) atoms. The molecule has 0 saturated carbocycles. The number of hydrogen-bond donors (Lipinski definition) is 2. The van der Waals surface area contributed by atoms with Gasteiger partial charge in [-0.05, 0) is 81.6 Å². The molecule has 2 N–H and O–H groups in total. The Hall–Kier alpha value is -2.83. The molecule has 0 spiro atoms. The number of nitrogens with one attached hydrogen (secondary N) is 2. The Morgan fingerprint density at radius 2 is 1.67 bits per heavy atom. The lowest BCUT2D eigenvalue weighted by molar-refractivity contribution is 0.0883. The van der Waals surface area contributed by atoms with Crippen LogP contribution in [0.2, 0.25) is 0 Å². The molecule has 6 rings (SSSR count). The van der Waals surface area contributed by atoms with Gasteiger partial charge in [-0.2, -0.15) is 0 Å². The van der Waals surface area contributed by atoms with Gasteiger partial charge in [0.15, 0.2) is 0 Å². The fourth-order valence-corrected chi connectivity index (χ4v) is 6.50. The molecule has 0 amide bonds. The fourth-order valence-electron chi connectivity index (χ4n) is 6.50. The van der Waals surface area contributed by atoms with Crippen molar-refractivity contribution in [3.8, 4) is 11.3 Å². The molecule has 0 radical (unpaired) electrons. The molecule has 3 aromatic heterocycles. The molecular formula is C30H40N6. The minimum Gasteiger partial charge on any atom is -0.369 e. The lowest BCUT2D eigenvalue weighted by Crippen LogP contribution is -2.53. The van der Waals surface area contributed by atoms with Crippen LogP contribution >= 0.6 is 0 Å². The SMILES string of the molecule is CC(C)c1c(-c2ccnc3[nH]ccc23)[nH]c2ccc(N3CCN(C4CCN(C(C)C)CC4)CC3)cc12. The van der Waals surface area contributed by atoms with Crippen molar-refractivity contribution in [1.29, 1.82) is 0 Å². The van der Waals surface area contributed by atoms with Gasteiger partial charge in [-0.25, -0.2) is 4.98 Å². The molecule has 2 fully saturated rings. The van der Waals surface area contributed by atoms with Crippen LogP contribution in [0.3, 0.4) is 0 Å². The summed E-state index contributed by atoms with van der Waals surface area (Å²) in [6.07, 6.45) is 6.51. The number of hydrogen-bond acceptors (Lipinski definition) is 4. The molecule has 2 aliphatic rings. The van der Waals surface area contributed by atoms with E-state index < -0.39 is 0 Å². The monoisotopic (exact) mass is 484 g/mol. The van der Waals surface area contributed by atoms with Gasteiger partial charge in [0.25, 0.3) is 0 Å². The summed E-state index contributed by atoms with van der Waals surface area (Å²) < 4.78 is 0. The predicted octanol–water partition coefficient (Wildman–Crippen LogP) is 5.83. The maximum Gasteiger partial charge on any atom is 0.137 e. The van der Waals surface area contributed by atoms with Gasteiger partial charge >= 0.3 is 0 Å². The summed E-state index contributed by atoms with van der Waals surface area (Å²) in [6.45, 7) is 16.3. The number of likely N-dealkylation sites (tertiary alicyclic amines) is 1. The second-order valence-corrected chi connectivity index (χ2v) is 11.3. The van der Waals surface area contributed by atoms with Gasteiger partial charge in [-0.1, -0.05) is 13.8 Å². The van der Waals surface area contributed by atoms with E-state index in [-0.39, 0.29) is 0 Å². The lowest BCUT2D eigenvalue weighted by Gasteiger charge is -2.44. The van der Waals surface area contributed by atoms with Crippen LogP contribution in [0.4, 0.5) is 5.69 Å². The van der Waals surface area contributed by atoms with Crippen LogP contribution in [0.5, 0.6) is 0 Å². The number of piperazine rings is 1. The van der Waals surface area contributed by atoms with Crippen LogP contribution in [-0.4, -0.2) is 76.1 Å². The zero-order valence-corrected chi connectivity index (χ0v) is 22.2. The average molecular weight is 485 g/mol. The maximum absolute atomic E-state index is 4.50. The number of H-pyrrole nitrogens is 2. The number of anilines is 1. The minimum absolute atomic E-state index is 0.416. The highest BCUT2D eigenvalue weighted by atomic mass is 15.3. The number of pyridine rings is 1. The zero-order valence-electron chi connectivity index (χ0n) is 22.2. The van der Waals surface area contributed by atoms with Crippen LogP contribution in [0.25, 0.3) is 33.2 Å². The third kappa shape index (κ3) is 4.20. The molecule has 2 saturated heterocycles. The molecule has 4 aromatic rings. The number of benzene rings is 1. The normalized spacial score (nSPS) is 18.9. The first-order valence-electron chi connectivity index (χ1n) is 13.8. The Kier molecular flexibility index (Phi) is 6.26. The van der Waals surface area contributed by atoms with Gasteiger partial charge in [0.1, 0.15) is 5.65 Å². The van der Waals surface area contributed by atoms with Crippen molar-refractivity contribution in [3.05, 3.63) is 48.3 Å². The van der Waals surface area contributed by atoms with Crippen molar-refractivity contribution in [2.75, 3.05) is 44.2 Å². The quantitative estimate of drug-likeness (QED) is 0.374. The van der Waals surface area contributed by atoms with Gasteiger partial charge in [-0.15, -0.1) is 0 Å². The van der Waals surface area contributed by atoms with E-state index >= 15 is 0 Å². The number of piperidine rings is 1. The highest BCUT2D eigenvalue weighted by Crippen LogP contribution is 2.39. The number of fused-ring (bicyclic) bond motifs is 2. The van der Waals surface area contributed by atoms with Crippen molar-refractivity contribution in [2.45, 2.75) is 58.5 Å². The summed E-state index contributed by atoms with van der Waals surface area (Å²) in [6, 6.07) is 12.7. The number of aromatic nitrogens is 3. The summed E-state index contributed by atoms with van der Waals surface area (Å²) in [5.41, 5.74) is 7.35. The van der Waals surface area contributed by atoms with Gasteiger partial charge in [0.2, 0.25) is 0 Å². The highest BCUT2D eigenvalue weighted by Gasteiger charge is 2.28. The first-order chi connectivity index (χ1) is 17.5. The van der Waals surface area contributed by atoms with E-state index in [0.29, 0.717) is 12.0 Å². The molecule has 6 heteroatoms. The molecule has 0 aliphatic carbocycles. The maximum atomic E-state index is 4.50. The number of aromatic amines is 2. The molecule has 0 atom stereocenters. The van der Waals surface area contributed by atoms with E-state index in [1.807, 2.05) is 12.4 Å². The third-order valence-corrected chi connectivity index (χ3v) is 8.55. The Morgan fingerprint density at radius 3 is 2.39 bits per heavy atom. The van der Waals surface area contributed by atoms with Crippen LogP contribution in [0.1, 0.15) is 52.0 Å². The molecule has 1 aromatic carbocycles. The van der Waals surface area contributed by atoms with Crippen LogP contribution in [0, 0.1) is 0 Å². The third-order valence-electron chi connectivity index (χ3n) is 8.55. The van der Waals surface area contributed by atoms with E-state index in [2.05, 4.69) is 87.7 Å². The van der Waals surface area contributed by atoms with Crippen LogP contribution in [0.15, 0.2) is 42.7 Å². The Bertz CT molecular complexity index is 1330. The van der Waals surface area contributed by atoms with E-state index in [9.17, 15) is 0 Å². The van der Waals surface area contributed by atoms with Crippen molar-refractivity contribution >= 4 is 27.6 Å². The Labute approximate surface area is 214 Å². The van der Waals surface area contributed by atoms with E-state index in [4.69, 9.17) is 0 Å². The van der Waals surface area contributed by atoms with Gasteiger partial charge in [0, 0.05) is 78.2 Å². The average Bonchev–Trinajstić information content (AvgIpc) is 3.53. The first kappa shape index (κ1) is 23.6. The summed E-state index contributed by atoms with van der Waals surface area (Å²) in [5, 5.41) is 2.52. The minimum atomic E-state index is 0.416. The first-order valence-corrected chi connectivity index (χ1v) is 13.8. The number of nitrogens with zero attached hydrogens (tertiary/aromatic N) is 4. The van der Waals surface area contributed by atoms with Gasteiger partial charge < -0.3 is 19.8 Å². The largest absolute Gasteiger partial charge is 0.369 e. The standard InChI is InChI=1S/C30H40N6/c1-20(2)28-26-19-23(36-17-15-35(16-18-36)22-9-13-34(14-10-22)21(3)4)5-6-27(26)33-29(28)24-7-11-31-30-25(24)8-12-32-30/h5-8,11-12,19-22,33H,9-10,13-18H2,1-4H3,(H,31,32). The van der Waals surface area contributed by atoms with Crippen LogP contribution in [-0.2, 0) is 0 Å². The molecule has 6 nitrogen and oxygen atoms in total. The highest BCUT2D eigenvalue weighted by molar-refractivity contribution is 5.99. The molecule has 2 aliphatic heterocycles. The molecule has 5 heterocycles. The Balaban J connectivity index is 1.23. The van der Waals surface area contributed by atoms with E-state index in [0.717, 1.165) is 24.8 Å². The molecule has 190 valence electrons. The zero-order chi connectivity index (χ0) is 24.8. The van der Waals surface area contributed by atoms with Gasteiger partial charge in [0.05, 0.1) is 5.69 Å². The summed E-state index contributed by atoms with van der Waals surface area (Å²) >= 11 is 0. The van der Waals surface area contributed by atoms with Crippen molar-refractivity contribution in [1.82, 2.24) is 24.8 Å². The predicted molar refractivity (Wildman–Crippen MR) is 151 cm³/mol. The summed E-state index contributed by atoms with van der Waals surface area (Å²) in [7, 11) is 0.